The van der Waals surface area contributed by atoms with Crippen molar-refractivity contribution in [2.45, 2.75) is 186 Å². The minimum atomic E-state index is -0.998. The van der Waals surface area contributed by atoms with Gasteiger partial charge in [0.05, 0.1) is 130 Å². The van der Waals surface area contributed by atoms with Gasteiger partial charge in [0.1, 0.15) is 25.6 Å². The maximum absolute atomic E-state index is 15.0. The molecule has 5 aromatic rings. The SMILES string of the molecule is CCC(C)[C@@H]([C@@H](CC(=O)N1CCC[C@H]1[C@H](OC)[C@@H](C)C(=O)C[C@H](C)[C@@H](O)c1ccccc1)OC)N(C)C(=O)[C@@H](CC(=O)[C@H](C(C)C)N(C)C(=O)OCc1ccc(NC(=O)[C@H](CCCNC(N)=O)CC(=O)[C@@H](NC(=O)COCCOCCOCCOc2ccc(N3C(=O)C(Sc4ccc(C(=O)N5CCOCC5)cc4)=C(Sc4ccc(C(=O)N5CCOCC5)cc4)C3=O)cn2)C(C)C)cc1)C(C)C. The van der Waals surface area contributed by atoms with Crippen LogP contribution in [0.5, 0.6) is 5.88 Å². The number of benzene rings is 4. The van der Waals surface area contributed by atoms with E-state index in [2.05, 4.69) is 20.9 Å². The van der Waals surface area contributed by atoms with E-state index in [1.54, 1.807) is 140 Å². The Morgan fingerprint density at radius 1 is 0.618 bits per heavy atom. The lowest BCUT2D eigenvalue weighted by molar-refractivity contribution is -0.149. The van der Waals surface area contributed by atoms with Crippen molar-refractivity contribution in [3.05, 3.63) is 154 Å². The predicted molar refractivity (Wildman–Crippen MR) is 512 cm³/mol. The summed E-state index contributed by atoms with van der Waals surface area (Å²) in [4.78, 5) is 195. The highest BCUT2D eigenvalue weighted by Crippen LogP contribution is 2.45. The Morgan fingerprint density at radius 2 is 1.19 bits per heavy atom. The average Bonchev–Trinajstić information content (AvgIpc) is 1.62. The Morgan fingerprint density at radius 3 is 1.71 bits per heavy atom. The third-order valence-electron chi connectivity index (χ3n) is 25.2. The number of likely N-dealkylation sites (tertiary alicyclic amines) is 1. The van der Waals surface area contributed by atoms with Crippen LogP contribution in [0.2, 0.25) is 0 Å². The van der Waals surface area contributed by atoms with Crippen molar-refractivity contribution in [2.24, 2.45) is 53.1 Å². The summed E-state index contributed by atoms with van der Waals surface area (Å²) in [6.45, 7) is 22.9. The lowest BCUT2D eigenvalue weighted by atomic mass is 9.83. The Hall–Kier alpha value is -10.5. The monoisotopic (exact) mass is 1920 g/mol. The molecule has 0 saturated carbocycles. The van der Waals surface area contributed by atoms with Crippen LogP contribution in [0.3, 0.4) is 0 Å². The van der Waals surface area contributed by atoms with Crippen LogP contribution in [0.25, 0.3) is 0 Å². The quantitative estimate of drug-likeness (QED) is 0.0178. The summed E-state index contributed by atoms with van der Waals surface area (Å²) in [5.41, 5.74) is 8.11. The number of likely N-dealkylation sites (N-methyl/N-ethyl adjacent to an activating group) is 2. The van der Waals surface area contributed by atoms with E-state index in [1.165, 1.54) is 31.3 Å². The summed E-state index contributed by atoms with van der Waals surface area (Å²) in [6.07, 6.45) is 0.330. The van der Waals surface area contributed by atoms with E-state index in [0.717, 1.165) is 34.0 Å². The molecule has 0 radical (unpaired) electrons. The summed E-state index contributed by atoms with van der Waals surface area (Å²) in [5, 5.41) is 19.2. The maximum atomic E-state index is 15.0. The van der Waals surface area contributed by atoms with Gasteiger partial charge in [-0.1, -0.05) is 142 Å². The van der Waals surface area contributed by atoms with E-state index in [-0.39, 0.29) is 166 Å². The van der Waals surface area contributed by atoms with Gasteiger partial charge in [0.2, 0.25) is 29.5 Å². The van der Waals surface area contributed by atoms with Crippen LogP contribution in [-0.2, 0) is 87.7 Å². The van der Waals surface area contributed by atoms with Crippen molar-refractivity contribution in [2.75, 3.05) is 150 Å². The number of aliphatic hydroxyl groups is 1. The van der Waals surface area contributed by atoms with Crippen LogP contribution >= 0.6 is 23.5 Å². The summed E-state index contributed by atoms with van der Waals surface area (Å²) in [6, 6.07) is 28.8. The lowest BCUT2D eigenvalue weighted by Gasteiger charge is -2.41. The van der Waals surface area contributed by atoms with Crippen molar-refractivity contribution >= 4 is 112 Å². The number of Topliss-reactive ketones (excluding diaryl/α,β-unsaturated/α-hetero) is 3. The van der Waals surface area contributed by atoms with E-state index >= 15 is 0 Å². The van der Waals surface area contributed by atoms with Gasteiger partial charge >= 0.3 is 12.1 Å². The molecule has 11 amide bonds. The number of nitrogens with one attached hydrogen (secondary N) is 3. The number of hydrogen-bond donors (Lipinski definition) is 5. The van der Waals surface area contributed by atoms with E-state index < -0.39 is 120 Å². The van der Waals surface area contributed by atoms with Gasteiger partial charge in [-0.05, 0) is 133 Å². The van der Waals surface area contributed by atoms with Crippen LogP contribution < -0.4 is 31.3 Å². The number of pyridine rings is 1. The number of ether oxygens (including phenoxy) is 9. The van der Waals surface area contributed by atoms with Crippen molar-refractivity contribution in [1.29, 1.82) is 0 Å². The predicted octanol–water partition coefficient (Wildman–Crippen LogP) is 11.0. The smallest absolute Gasteiger partial charge is 0.410 e. The molecule has 9 rings (SSSR count). The van der Waals surface area contributed by atoms with E-state index in [1.807, 2.05) is 71.9 Å². The van der Waals surface area contributed by atoms with Crippen LogP contribution in [0, 0.1) is 47.3 Å². The number of amides is 11. The summed E-state index contributed by atoms with van der Waals surface area (Å²) in [5.74, 6) is -7.61. The lowest BCUT2D eigenvalue weighted by Crippen LogP contribution is -2.54. The van der Waals surface area contributed by atoms with Crippen LogP contribution in [0.1, 0.15) is 165 Å². The number of morpholine rings is 2. The number of imide groups is 1. The Bertz CT molecular complexity index is 4730. The molecule has 4 aliphatic rings. The number of aromatic nitrogens is 1. The second-order valence-electron chi connectivity index (χ2n) is 35.9. The number of aliphatic hydroxyl groups excluding tert-OH is 1. The minimum absolute atomic E-state index is 0.0310. The van der Waals surface area contributed by atoms with Crippen LogP contribution in [-0.4, -0.2) is 288 Å². The standard InChI is InChI=1S/C100H137N11O23S2/c1-15-65(8)88(82(126-13)58-85(116)110-40-20-24-78(110)90(127-14)67(10)79(112)55-66(9)89(117)69-21-17-16-18-22-69)106(11)96(121)77(62(2)3)57-81(114)87(64(6)7)107(12)100(125)134-60-68-25-31-73(32-26-68)104-93(118)72(23-19-39-102-99(101)124)56-80(113)86(63(4)5)105-83(115)61-132-52-51-130-49-50-131-53-54-133-84-38-33-74(59-103-84)111-97(122)91(135-75-34-27-70(28-35-75)94(119)108-41-45-128-46-42-108)92(98(111)123)136-76-36-29-71(30-37-76)95(120)109-43-47-129-48-44-109/h16-18,21-22,25-38,59,62-67,72,77-78,82,86-90,117H,15,19-20,23-24,39-58,60-61H2,1-14H3,(H,104,118)(H,105,115)(H3,101,102,124)/t65?,66-,67-,72+,77-,78-,82+,86-,87-,88-,89+,90+/m0/s1. The number of rotatable bonds is 54. The van der Waals surface area contributed by atoms with E-state index in [0.29, 0.717) is 111 Å². The number of anilines is 2. The molecule has 4 aliphatic heterocycles. The topological polar surface area (TPSA) is 420 Å². The number of primary amides is 1. The molecule has 0 spiro atoms. The second kappa shape index (κ2) is 54.6. The van der Waals surface area contributed by atoms with Gasteiger partial charge in [0.25, 0.3) is 23.6 Å². The highest BCUT2D eigenvalue weighted by atomic mass is 32.2. The Kier molecular flexibility index (Phi) is 43.8. The molecule has 3 saturated heterocycles. The molecule has 1 unspecified atom stereocenters. The van der Waals surface area contributed by atoms with Crippen LogP contribution in [0.15, 0.2) is 141 Å². The number of methoxy groups -OCH3 is 2. The molecule has 1 aromatic heterocycles. The zero-order valence-corrected chi connectivity index (χ0v) is 82.4. The third-order valence-corrected chi connectivity index (χ3v) is 27.5. The zero-order chi connectivity index (χ0) is 98.8. The fourth-order valence-electron chi connectivity index (χ4n) is 17.3. The largest absolute Gasteiger partial charge is 0.475 e. The highest BCUT2D eigenvalue weighted by Gasteiger charge is 2.46. The number of thioether (sulfide) groups is 2. The highest BCUT2D eigenvalue weighted by molar-refractivity contribution is 8.08. The average molecular weight is 1930 g/mol. The summed E-state index contributed by atoms with van der Waals surface area (Å²) < 4.78 is 51.5. The van der Waals surface area contributed by atoms with Gasteiger partial charge in [-0.15, -0.1) is 0 Å². The normalized spacial score (nSPS) is 17.2. The van der Waals surface area contributed by atoms with Gasteiger partial charge in [-0.3, -0.25) is 52.7 Å². The van der Waals surface area contributed by atoms with E-state index in [9.17, 15) is 67.4 Å². The Labute approximate surface area is 806 Å². The molecular weight excluding hydrogens is 1790 g/mol. The molecule has 36 heteroatoms. The minimum Gasteiger partial charge on any atom is -0.475 e. The molecule has 0 bridgehead atoms. The summed E-state index contributed by atoms with van der Waals surface area (Å²) in [7, 11) is 6.22. The Balaban J connectivity index is 0.691. The second-order valence-corrected chi connectivity index (χ2v) is 38.1. The first-order valence-corrected chi connectivity index (χ1v) is 48.6. The number of nitrogens with two attached hydrogens (primary N) is 1. The first kappa shape index (κ1) is 109. The number of nitrogens with zero attached hydrogens (tertiary/aromatic N) is 7. The van der Waals surface area contributed by atoms with Gasteiger partial charge < -0.3 is 93.9 Å². The zero-order valence-electron chi connectivity index (χ0n) is 80.8. The maximum Gasteiger partial charge on any atom is 0.410 e. The fraction of sp³-hybridized carbons (Fsp3) is 0.560. The molecule has 3 fully saturated rings. The molecule has 0 aliphatic carbocycles. The molecule has 4 aromatic carbocycles. The number of carbonyl (C=O) groups is 13. The first-order chi connectivity index (χ1) is 65.1. The van der Waals surface area contributed by atoms with Gasteiger partial charge in [-0.2, -0.15) is 0 Å². The van der Waals surface area contributed by atoms with Crippen LogP contribution in [0.4, 0.5) is 21.0 Å². The molecule has 12 atom stereocenters. The molecule has 34 nitrogen and oxygen atoms in total. The summed E-state index contributed by atoms with van der Waals surface area (Å²) >= 11 is 2.21. The van der Waals surface area contributed by atoms with Crippen molar-refractivity contribution < 1.29 is 110 Å². The number of ketones is 3. The van der Waals surface area contributed by atoms with Gasteiger partial charge in [-0.25, -0.2) is 19.5 Å². The third kappa shape index (κ3) is 31.2. The molecule has 6 N–H and O–H groups in total. The number of carbonyl (C=O) groups excluding carboxylic acids is 13. The number of hydrogen-bond acceptors (Lipinski definition) is 26. The van der Waals surface area contributed by atoms with Gasteiger partial charge in [0, 0.05) is 137 Å². The fourth-order valence-corrected chi connectivity index (χ4v) is 19.3. The van der Waals surface area contributed by atoms with Gasteiger partial charge in [0.15, 0.2) is 11.6 Å². The van der Waals surface area contributed by atoms with E-state index in [4.69, 9.17) is 48.4 Å². The van der Waals surface area contributed by atoms with Crippen molar-refractivity contribution in [3.8, 4) is 5.88 Å². The van der Waals surface area contributed by atoms with Crippen molar-refractivity contribution in [1.82, 2.24) is 40.1 Å². The van der Waals surface area contributed by atoms with Crippen molar-refractivity contribution in [3.63, 3.8) is 0 Å². The first-order valence-electron chi connectivity index (χ1n) is 46.9. The molecule has 742 valence electrons. The molecular formula is C100H137N11O23S2. The molecule has 5 heterocycles. The molecule has 136 heavy (non-hydrogen) atoms. The number of urea groups is 1.